The average Bonchev–Trinajstić information content (AvgIpc) is 3.39. The normalized spacial score (nSPS) is 16.4. The second-order valence-corrected chi connectivity index (χ2v) is 8.10. The average molecular weight is 416 g/mol. The molecule has 0 aromatic carbocycles. The van der Waals surface area contributed by atoms with E-state index in [2.05, 4.69) is 46.0 Å². The van der Waals surface area contributed by atoms with Crippen LogP contribution in [0.15, 0.2) is 42.7 Å². The first kappa shape index (κ1) is 21.0. The van der Waals surface area contributed by atoms with Gasteiger partial charge >= 0.3 is 0 Å². The van der Waals surface area contributed by atoms with Crippen LogP contribution in [0, 0.1) is 18.3 Å². The zero-order chi connectivity index (χ0) is 21.6. The van der Waals surface area contributed by atoms with Crippen molar-refractivity contribution in [3.63, 3.8) is 0 Å². The maximum Gasteiger partial charge on any atom is 0.140 e. The number of anilines is 2. The molecule has 7 nitrogen and oxygen atoms in total. The van der Waals surface area contributed by atoms with Crippen LogP contribution in [-0.4, -0.2) is 31.2 Å². The molecule has 0 amide bonds. The minimum atomic E-state index is 0.305. The summed E-state index contributed by atoms with van der Waals surface area (Å²) in [6.07, 6.45) is 8.49. The largest absolute Gasteiger partial charge is 0.339 e. The molecule has 0 bridgehead atoms. The summed E-state index contributed by atoms with van der Waals surface area (Å²) in [6, 6.07) is 12.0. The van der Waals surface area contributed by atoms with E-state index in [9.17, 15) is 0 Å². The van der Waals surface area contributed by atoms with E-state index in [4.69, 9.17) is 15.3 Å². The Hall–Kier alpha value is -3.24. The number of likely N-dealkylation sites (tertiary alicyclic amines) is 1. The molecule has 3 aromatic heterocycles. The van der Waals surface area contributed by atoms with Crippen LogP contribution in [0.2, 0.25) is 0 Å². The van der Waals surface area contributed by atoms with Crippen LogP contribution in [0.1, 0.15) is 61.3 Å². The van der Waals surface area contributed by atoms with Gasteiger partial charge in [-0.25, -0.2) is 9.97 Å². The van der Waals surface area contributed by atoms with Gasteiger partial charge in [0.25, 0.3) is 0 Å². The topological polar surface area (TPSA) is 82.7 Å². The first-order valence-corrected chi connectivity index (χ1v) is 11.0. The van der Waals surface area contributed by atoms with Gasteiger partial charge in [-0.2, -0.15) is 10.4 Å². The number of nitrogens with one attached hydrogen (secondary N) is 1. The molecule has 1 fully saturated rings. The summed E-state index contributed by atoms with van der Waals surface area (Å²) in [6.45, 7) is 7.28. The molecule has 1 saturated heterocycles. The Bertz CT molecular complexity index is 1050. The zero-order valence-corrected chi connectivity index (χ0v) is 18.3. The van der Waals surface area contributed by atoms with Gasteiger partial charge in [-0.15, -0.1) is 0 Å². The molecule has 4 rings (SSSR count). The fourth-order valence-corrected chi connectivity index (χ4v) is 4.11. The van der Waals surface area contributed by atoms with Gasteiger partial charge in [-0.05, 0) is 57.0 Å². The second-order valence-electron chi connectivity index (χ2n) is 8.10. The number of unbranched alkanes of at least 4 members (excludes halogenated alkanes) is 1. The third-order valence-corrected chi connectivity index (χ3v) is 5.79. The number of pyridine rings is 2. The number of nitriles is 1. The third-order valence-electron chi connectivity index (χ3n) is 5.79. The number of nitrogens with zero attached hydrogens (tertiary/aromatic N) is 6. The Morgan fingerprint density at radius 1 is 1.26 bits per heavy atom. The van der Waals surface area contributed by atoms with Gasteiger partial charge in [-0.3, -0.25) is 9.58 Å². The predicted octanol–water partition coefficient (Wildman–Crippen LogP) is 4.73. The molecule has 4 heterocycles. The van der Waals surface area contributed by atoms with Gasteiger partial charge in [0.1, 0.15) is 17.6 Å². The fraction of sp³-hybridized carbons (Fsp3) is 0.417. The molecule has 31 heavy (non-hydrogen) atoms. The summed E-state index contributed by atoms with van der Waals surface area (Å²) in [5.74, 6) is 0.791. The number of rotatable bonds is 8. The standard InChI is InChI=1S/C24H29N7/c1-3-4-13-31-17-19(18(2)29-31)16-30-12-6-8-23(30)22-7-5-9-24(28-22)27-21-11-10-20(14-25)26-15-21/h5,7,9-11,15,17,23H,3-4,6,8,12-13,16H2,1-2H3,(H,27,28)/t23-/m1/s1. The van der Waals surface area contributed by atoms with Gasteiger partial charge in [0.15, 0.2) is 0 Å². The van der Waals surface area contributed by atoms with E-state index >= 15 is 0 Å². The van der Waals surface area contributed by atoms with Crippen molar-refractivity contribution in [3.8, 4) is 6.07 Å². The van der Waals surface area contributed by atoms with Crippen LogP contribution >= 0.6 is 0 Å². The van der Waals surface area contributed by atoms with Gasteiger partial charge in [0, 0.05) is 24.8 Å². The number of aromatic nitrogens is 4. The van der Waals surface area contributed by atoms with E-state index in [-0.39, 0.29) is 0 Å². The lowest BCUT2D eigenvalue weighted by molar-refractivity contribution is 0.244. The maximum atomic E-state index is 8.91. The lowest BCUT2D eigenvalue weighted by Gasteiger charge is -2.24. The molecule has 160 valence electrons. The molecule has 7 heteroatoms. The highest BCUT2D eigenvalue weighted by Crippen LogP contribution is 2.33. The molecule has 0 unspecified atom stereocenters. The summed E-state index contributed by atoms with van der Waals surface area (Å²) in [4.78, 5) is 11.5. The van der Waals surface area contributed by atoms with Crippen molar-refractivity contribution in [1.29, 1.82) is 5.26 Å². The third kappa shape index (κ3) is 5.09. The highest BCUT2D eigenvalue weighted by molar-refractivity contribution is 5.55. The first-order valence-electron chi connectivity index (χ1n) is 11.0. The van der Waals surface area contributed by atoms with E-state index in [0.717, 1.165) is 55.4 Å². The van der Waals surface area contributed by atoms with Crippen LogP contribution in [0.5, 0.6) is 0 Å². The number of hydrogen-bond donors (Lipinski definition) is 1. The quantitative estimate of drug-likeness (QED) is 0.572. The lowest BCUT2D eigenvalue weighted by atomic mass is 10.1. The molecule has 0 saturated carbocycles. The van der Waals surface area contributed by atoms with Crippen LogP contribution in [-0.2, 0) is 13.1 Å². The Kier molecular flexibility index (Phi) is 6.58. The van der Waals surface area contributed by atoms with Crippen LogP contribution in [0.4, 0.5) is 11.5 Å². The molecule has 1 aliphatic rings. The zero-order valence-electron chi connectivity index (χ0n) is 18.3. The molecule has 1 N–H and O–H groups in total. The van der Waals surface area contributed by atoms with E-state index in [1.54, 1.807) is 12.3 Å². The molecular formula is C24H29N7. The number of aryl methyl sites for hydroxylation is 2. The lowest BCUT2D eigenvalue weighted by Crippen LogP contribution is -2.23. The molecular weight excluding hydrogens is 386 g/mol. The Morgan fingerprint density at radius 2 is 2.16 bits per heavy atom. The summed E-state index contributed by atoms with van der Waals surface area (Å²) in [7, 11) is 0. The Labute approximate surface area is 183 Å². The van der Waals surface area contributed by atoms with E-state index < -0.39 is 0 Å². The number of hydrogen-bond acceptors (Lipinski definition) is 6. The minimum Gasteiger partial charge on any atom is -0.339 e. The smallest absolute Gasteiger partial charge is 0.140 e. The SMILES string of the molecule is CCCCn1cc(CN2CCC[C@@H]2c2cccc(Nc3ccc(C#N)nc3)n2)c(C)n1. The van der Waals surface area contributed by atoms with Gasteiger partial charge in [0.2, 0.25) is 0 Å². The van der Waals surface area contributed by atoms with Crippen molar-refractivity contribution in [1.82, 2.24) is 24.6 Å². The van der Waals surface area contributed by atoms with Crippen molar-refractivity contribution in [2.24, 2.45) is 0 Å². The second kappa shape index (κ2) is 9.71. The van der Waals surface area contributed by atoms with Gasteiger partial charge < -0.3 is 5.32 Å². The van der Waals surface area contributed by atoms with Gasteiger partial charge in [0.05, 0.1) is 29.3 Å². The Morgan fingerprint density at radius 3 is 2.94 bits per heavy atom. The molecule has 1 atom stereocenters. The summed E-state index contributed by atoms with van der Waals surface area (Å²) >= 11 is 0. The highest BCUT2D eigenvalue weighted by Gasteiger charge is 2.28. The molecule has 0 aliphatic carbocycles. The van der Waals surface area contributed by atoms with Crippen molar-refractivity contribution < 1.29 is 0 Å². The molecule has 3 aromatic rings. The summed E-state index contributed by atoms with van der Waals surface area (Å²) in [5.41, 5.74) is 4.74. The highest BCUT2D eigenvalue weighted by atomic mass is 15.3. The predicted molar refractivity (Wildman–Crippen MR) is 121 cm³/mol. The van der Waals surface area contributed by atoms with Crippen LogP contribution in [0.3, 0.4) is 0 Å². The van der Waals surface area contributed by atoms with Crippen molar-refractivity contribution in [3.05, 3.63) is 65.4 Å². The monoisotopic (exact) mass is 415 g/mol. The van der Waals surface area contributed by atoms with Crippen molar-refractivity contribution >= 4 is 11.5 Å². The fourth-order valence-electron chi connectivity index (χ4n) is 4.11. The molecule has 0 spiro atoms. The van der Waals surface area contributed by atoms with E-state index in [1.165, 1.54) is 18.4 Å². The first-order chi connectivity index (χ1) is 15.2. The maximum absolute atomic E-state index is 8.91. The van der Waals surface area contributed by atoms with E-state index in [1.807, 2.05) is 24.3 Å². The van der Waals surface area contributed by atoms with Crippen LogP contribution < -0.4 is 5.32 Å². The van der Waals surface area contributed by atoms with Crippen molar-refractivity contribution in [2.75, 3.05) is 11.9 Å². The Balaban J connectivity index is 1.46. The molecule has 0 radical (unpaired) electrons. The van der Waals surface area contributed by atoms with Crippen LogP contribution in [0.25, 0.3) is 0 Å². The van der Waals surface area contributed by atoms with Crippen molar-refractivity contribution in [2.45, 2.75) is 58.7 Å². The summed E-state index contributed by atoms with van der Waals surface area (Å²) in [5, 5.41) is 16.9. The molecule has 1 aliphatic heterocycles. The minimum absolute atomic E-state index is 0.305. The summed E-state index contributed by atoms with van der Waals surface area (Å²) < 4.78 is 2.09. The van der Waals surface area contributed by atoms with E-state index in [0.29, 0.717) is 11.7 Å². The van der Waals surface area contributed by atoms with Gasteiger partial charge in [-0.1, -0.05) is 19.4 Å².